The fourth-order valence-electron chi connectivity index (χ4n) is 4.38. The maximum absolute atomic E-state index is 14.2. The lowest BCUT2D eigenvalue weighted by Gasteiger charge is -2.42. The number of amides is 2. The van der Waals surface area contributed by atoms with Gasteiger partial charge in [0, 0.05) is 38.8 Å². The number of Topliss-reactive ketones (excluding diaryl/α,β-unsaturated/α-hetero) is 1. The minimum Gasteiger partial charge on any atom is -0.354 e. The van der Waals surface area contributed by atoms with Crippen molar-refractivity contribution in [1.29, 1.82) is 0 Å². The summed E-state index contributed by atoms with van der Waals surface area (Å²) in [4.78, 5) is 35.1. The van der Waals surface area contributed by atoms with Gasteiger partial charge in [0.25, 0.3) is 0 Å². The number of rotatable bonds is 23. The van der Waals surface area contributed by atoms with Gasteiger partial charge in [0.2, 0.25) is 11.8 Å². The van der Waals surface area contributed by atoms with Gasteiger partial charge in [-0.15, -0.1) is 0 Å². The minimum absolute atomic E-state index is 0.360. The average Bonchev–Trinajstić information content (AvgIpc) is 3.10. The van der Waals surface area contributed by atoms with Crippen LogP contribution in [0.5, 0.6) is 0 Å². The molecule has 66 heavy (non-hydrogen) atoms. The third-order valence-electron chi connectivity index (χ3n) is 8.36. The summed E-state index contributed by atoms with van der Waals surface area (Å²) < 4.78 is 456. The van der Waals surface area contributed by atoms with Gasteiger partial charge in [-0.05, 0) is 6.92 Å². The molecule has 0 bridgehead atoms. The van der Waals surface area contributed by atoms with Crippen molar-refractivity contribution in [2.75, 3.05) is 19.6 Å². The Morgan fingerprint density at radius 1 is 0.364 bits per heavy atom. The standard InChI is InChI=1S/C27H18F34N2O3/c1-9(64)8-63(11(66)3-5-13(30,31)15(34,35)17(38,39)19(42,43)21(46,47)23(50,51)25(54,55)27(59,60)61)7-6-62-10(65)2-4-12(28,29)14(32,33)16(36,37)18(40,41)20(44,45)22(48,49)24(52,53)26(56,57)58/h2-8H2,1H3,(H,62,65). The number of hydrogen-bond acceptors (Lipinski definition) is 3. The average molecular weight is 1060 g/mol. The minimum atomic E-state index is -9.01. The van der Waals surface area contributed by atoms with Crippen LogP contribution in [0.4, 0.5) is 149 Å². The first-order chi connectivity index (χ1) is 28.3. The number of ketones is 1. The van der Waals surface area contributed by atoms with Gasteiger partial charge in [-0.3, -0.25) is 14.4 Å². The molecule has 0 aliphatic rings. The second kappa shape index (κ2) is 17.6. The largest absolute Gasteiger partial charge is 0.460 e. The molecule has 0 aliphatic carbocycles. The van der Waals surface area contributed by atoms with E-state index in [0.717, 1.165) is 5.32 Å². The van der Waals surface area contributed by atoms with Gasteiger partial charge < -0.3 is 10.2 Å². The van der Waals surface area contributed by atoms with E-state index in [2.05, 4.69) is 0 Å². The van der Waals surface area contributed by atoms with Gasteiger partial charge in [-0.1, -0.05) is 0 Å². The number of hydrogen-bond donors (Lipinski definition) is 1. The van der Waals surface area contributed by atoms with Crippen LogP contribution < -0.4 is 5.32 Å². The second-order valence-corrected chi connectivity index (χ2v) is 13.2. The first-order valence-electron chi connectivity index (χ1n) is 15.8. The van der Waals surface area contributed by atoms with Crippen molar-refractivity contribution in [2.45, 2.75) is 128 Å². The fraction of sp³-hybridized carbons (Fsp3) is 0.889. The number of nitrogens with one attached hydrogen (secondary N) is 1. The summed E-state index contributed by atoms with van der Waals surface area (Å²) in [7, 11) is 0. The molecule has 2 amide bonds. The predicted octanol–water partition coefficient (Wildman–Crippen LogP) is 11.1. The van der Waals surface area contributed by atoms with Crippen LogP contribution in [0.15, 0.2) is 0 Å². The SMILES string of the molecule is CC(=O)CN(CCNC(=O)CCC(F)(F)C(F)(F)C(F)(F)C(F)(F)C(F)(F)C(F)(F)C(F)(F)C(F)(F)F)C(=O)CCC(F)(F)C(F)(F)C(F)(F)C(F)(F)C(F)(F)C(F)(F)C(F)(F)C(F)(F)F. The van der Waals surface area contributed by atoms with Gasteiger partial charge in [-0.25, -0.2) is 0 Å². The first kappa shape index (κ1) is 62.2. The molecular weight excluding hydrogens is 1050 g/mol. The van der Waals surface area contributed by atoms with E-state index in [0.29, 0.717) is 6.92 Å². The summed E-state index contributed by atoms with van der Waals surface area (Å²) in [5.74, 6) is -125. The molecule has 0 saturated heterocycles. The number of alkyl halides is 34. The van der Waals surface area contributed by atoms with Gasteiger partial charge in [0.05, 0.1) is 6.54 Å². The summed E-state index contributed by atoms with van der Waals surface area (Å²) in [6.45, 7) is -4.36. The molecule has 0 radical (unpaired) electrons. The van der Waals surface area contributed by atoms with Crippen LogP contribution in [0.25, 0.3) is 0 Å². The van der Waals surface area contributed by atoms with Crippen molar-refractivity contribution in [3.05, 3.63) is 0 Å². The van der Waals surface area contributed by atoms with Gasteiger partial charge in [0.15, 0.2) is 0 Å². The molecule has 0 rings (SSSR count). The van der Waals surface area contributed by atoms with E-state index in [-0.39, 0.29) is 4.90 Å². The third kappa shape index (κ3) is 9.62. The third-order valence-corrected chi connectivity index (χ3v) is 8.36. The Kier molecular flexibility index (Phi) is 16.6. The van der Waals surface area contributed by atoms with E-state index in [1.54, 1.807) is 0 Å². The normalized spacial score (nSPS) is 15.8. The molecule has 0 heterocycles. The van der Waals surface area contributed by atoms with Crippen LogP contribution in [-0.4, -0.2) is 137 Å². The van der Waals surface area contributed by atoms with Crippen LogP contribution in [0.1, 0.15) is 32.6 Å². The second-order valence-electron chi connectivity index (χ2n) is 13.2. The van der Waals surface area contributed by atoms with Crippen LogP contribution in [-0.2, 0) is 14.4 Å². The Bertz CT molecular complexity index is 1750. The lowest BCUT2D eigenvalue weighted by molar-refractivity contribution is -0.461. The molecule has 0 unspecified atom stereocenters. The maximum atomic E-state index is 14.2. The van der Waals surface area contributed by atoms with Crippen molar-refractivity contribution < 1.29 is 164 Å². The Balaban J connectivity index is 6.25. The highest BCUT2D eigenvalue weighted by atomic mass is 19.4. The van der Waals surface area contributed by atoms with Gasteiger partial charge in [-0.2, -0.15) is 149 Å². The van der Waals surface area contributed by atoms with Crippen molar-refractivity contribution in [1.82, 2.24) is 10.2 Å². The number of carbonyl (C=O) groups is 3. The number of carbonyl (C=O) groups excluding carboxylic acids is 3. The first-order valence-corrected chi connectivity index (χ1v) is 15.8. The highest BCUT2D eigenvalue weighted by Gasteiger charge is 2.97. The van der Waals surface area contributed by atoms with E-state index in [4.69, 9.17) is 0 Å². The highest BCUT2D eigenvalue weighted by molar-refractivity contribution is 5.84. The summed E-state index contributed by atoms with van der Waals surface area (Å²) in [5, 5.41) is 1.11. The summed E-state index contributed by atoms with van der Waals surface area (Å²) in [5.41, 5.74) is 0. The molecule has 0 aromatic heterocycles. The molecule has 0 atom stereocenters. The van der Waals surface area contributed by atoms with Crippen LogP contribution in [0.2, 0.25) is 0 Å². The van der Waals surface area contributed by atoms with Crippen molar-refractivity contribution >= 4 is 17.6 Å². The smallest absolute Gasteiger partial charge is 0.354 e. The van der Waals surface area contributed by atoms with E-state index in [1.807, 2.05) is 0 Å². The van der Waals surface area contributed by atoms with E-state index in [1.165, 1.54) is 0 Å². The zero-order valence-corrected chi connectivity index (χ0v) is 30.5. The van der Waals surface area contributed by atoms with Crippen molar-refractivity contribution in [3.63, 3.8) is 0 Å². The summed E-state index contributed by atoms with van der Waals surface area (Å²) in [6, 6.07) is 0. The fourth-order valence-corrected chi connectivity index (χ4v) is 4.38. The lowest BCUT2D eigenvalue weighted by atomic mass is 9.88. The lowest BCUT2D eigenvalue weighted by Crippen LogP contribution is -2.74. The molecule has 5 nitrogen and oxygen atoms in total. The van der Waals surface area contributed by atoms with E-state index < -0.39 is 158 Å². The molecule has 0 aromatic rings. The van der Waals surface area contributed by atoms with Crippen LogP contribution >= 0.6 is 0 Å². The molecule has 0 aliphatic heterocycles. The molecule has 1 N–H and O–H groups in total. The maximum Gasteiger partial charge on any atom is 0.460 e. The molecule has 0 spiro atoms. The Hall–Kier alpha value is -3.77. The Labute approximate surface area is 340 Å². The molecule has 0 fully saturated rings. The van der Waals surface area contributed by atoms with Gasteiger partial charge in [0.1, 0.15) is 5.78 Å². The predicted molar refractivity (Wildman–Crippen MR) is 140 cm³/mol. The Morgan fingerprint density at radius 3 is 0.864 bits per heavy atom. The van der Waals surface area contributed by atoms with Crippen LogP contribution in [0.3, 0.4) is 0 Å². The monoisotopic (exact) mass is 1060 g/mol. The number of nitrogens with zero attached hydrogens (tertiary/aromatic N) is 1. The molecule has 0 saturated carbocycles. The van der Waals surface area contributed by atoms with Gasteiger partial charge >= 0.3 is 95.3 Å². The van der Waals surface area contributed by atoms with E-state index >= 15 is 0 Å². The Morgan fingerprint density at radius 2 is 0.606 bits per heavy atom. The summed E-state index contributed by atoms with van der Waals surface area (Å²) >= 11 is 0. The molecule has 392 valence electrons. The molecular formula is C27H18F34N2O3. The topological polar surface area (TPSA) is 66.5 Å². The quantitative estimate of drug-likeness (QED) is 0.104. The van der Waals surface area contributed by atoms with Crippen molar-refractivity contribution in [3.8, 4) is 0 Å². The van der Waals surface area contributed by atoms with Crippen LogP contribution in [0, 0.1) is 0 Å². The highest BCUT2D eigenvalue weighted by Crippen LogP contribution is 2.66. The zero-order valence-electron chi connectivity index (χ0n) is 30.5. The molecule has 39 heteroatoms. The van der Waals surface area contributed by atoms with Crippen molar-refractivity contribution in [2.24, 2.45) is 0 Å². The number of halogens is 34. The summed E-state index contributed by atoms with van der Waals surface area (Å²) in [6.07, 6.45) is -28.0. The zero-order chi connectivity index (χ0) is 54.0. The molecule has 0 aromatic carbocycles. The van der Waals surface area contributed by atoms with E-state index in [9.17, 15) is 164 Å².